The van der Waals surface area contributed by atoms with E-state index in [1.165, 1.54) is 12.5 Å². The van der Waals surface area contributed by atoms with Gasteiger partial charge in [-0.2, -0.15) is 0 Å². The summed E-state index contributed by atoms with van der Waals surface area (Å²) < 4.78 is 5.99. The number of phenols is 1. The first-order chi connectivity index (χ1) is 19.5. The summed E-state index contributed by atoms with van der Waals surface area (Å²) in [6.45, 7) is 1.43. The van der Waals surface area contributed by atoms with Gasteiger partial charge in [0.1, 0.15) is 17.2 Å². The number of ether oxygens (including phenoxy) is 1. The molecule has 0 unspecified atom stereocenters. The second kappa shape index (κ2) is 17.0. The molecule has 1 heterocycles. The largest absolute Gasteiger partial charge is 0.508 e. The van der Waals surface area contributed by atoms with Crippen LogP contribution in [0.5, 0.6) is 11.5 Å². The third-order valence-corrected chi connectivity index (χ3v) is 7.15. The summed E-state index contributed by atoms with van der Waals surface area (Å²) >= 11 is 13.0. The second-order valence-electron chi connectivity index (χ2n) is 10.00. The van der Waals surface area contributed by atoms with Crippen LogP contribution in [-0.2, 0) is 0 Å². The predicted octanol–water partition coefficient (Wildman–Crippen LogP) is 7.47. The van der Waals surface area contributed by atoms with Crippen LogP contribution in [0.3, 0.4) is 0 Å². The number of rotatable bonds is 9. The van der Waals surface area contributed by atoms with Gasteiger partial charge in [0.25, 0.3) is 5.91 Å². The number of hydrogen-bond acceptors (Lipinski definition) is 6. The highest BCUT2D eigenvalue weighted by Crippen LogP contribution is 2.39. The van der Waals surface area contributed by atoms with Crippen LogP contribution in [0, 0.1) is 0 Å². The quantitative estimate of drug-likeness (QED) is 0.177. The molecule has 3 aromatic rings. The zero-order valence-electron chi connectivity index (χ0n) is 23.5. The maximum atomic E-state index is 13.1. The van der Waals surface area contributed by atoms with Gasteiger partial charge in [-0.3, -0.25) is 4.79 Å². The van der Waals surface area contributed by atoms with E-state index in [4.69, 9.17) is 47.9 Å². The first-order valence-electron chi connectivity index (χ1n) is 13.3. The van der Waals surface area contributed by atoms with Gasteiger partial charge in [0.15, 0.2) is 0 Å². The van der Waals surface area contributed by atoms with Crippen molar-refractivity contribution in [2.75, 3.05) is 27.2 Å². The number of benzene rings is 2. The molecule has 1 aliphatic carbocycles. The minimum absolute atomic E-state index is 0. The molecule has 4 N–H and O–H groups in total. The lowest BCUT2D eigenvalue weighted by Crippen LogP contribution is -2.36. The van der Waals surface area contributed by atoms with E-state index in [9.17, 15) is 9.90 Å². The smallest absolute Gasteiger partial charge is 0.503 e. The van der Waals surface area contributed by atoms with E-state index in [-0.39, 0.29) is 30.1 Å². The van der Waals surface area contributed by atoms with E-state index in [1.807, 2.05) is 32.3 Å². The zero-order chi connectivity index (χ0) is 29.9. The number of carboxylic acid groups (broad SMARTS) is 2. The fraction of sp³-hybridized carbons (Fsp3) is 0.367. The Bertz CT molecular complexity index is 1350. The Morgan fingerprint density at radius 1 is 0.976 bits per heavy atom. The van der Waals surface area contributed by atoms with Gasteiger partial charge in [-0.25, -0.2) is 9.78 Å². The van der Waals surface area contributed by atoms with E-state index >= 15 is 0 Å². The van der Waals surface area contributed by atoms with Crippen molar-refractivity contribution in [1.82, 2.24) is 15.2 Å². The topological polar surface area (TPSA) is 132 Å². The number of carbonyl (C=O) groups is 2. The van der Waals surface area contributed by atoms with E-state index < -0.39 is 6.16 Å². The first-order valence-corrected chi connectivity index (χ1v) is 14.1. The Kier molecular flexibility index (Phi) is 14.2. The summed E-state index contributed by atoms with van der Waals surface area (Å²) in [7, 11) is 4.04. The Morgan fingerprint density at radius 3 is 2.29 bits per heavy atom. The lowest BCUT2D eigenvalue weighted by Gasteiger charge is -2.22. The van der Waals surface area contributed by atoms with Gasteiger partial charge in [-0.1, -0.05) is 48.5 Å². The Balaban J connectivity index is 0.00000116. The van der Waals surface area contributed by atoms with E-state index in [1.54, 1.807) is 24.3 Å². The standard InChI is InChI=1S/C29H33Cl2N3O3.CH2O3.ClH/c1-34(2)15-6-16-37-27-17-19(9-13-24(27)30)28-23(22-11-10-21(35)18-25(22)31)12-14-26(33-28)29(36)32-20-7-4-3-5-8-20;2-1(3)4;/h9-14,17-18,20,35H,3-8,15-16H2,1-2H3,(H,32,36);(H2,2,3,4);1H. The maximum absolute atomic E-state index is 13.1. The highest BCUT2D eigenvalue weighted by Gasteiger charge is 2.21. The number of nitrogens with zero attached hydrogens (tertiary/aromatic N) is 2. The van der Waals surface area contributed by atoms with E-state index in [0.29, 0.717) is 39.4 Å². The van der Waals surface area contributed by atoms with Crippen molar-refractivity contribution in [2.45, 2.75) is 44.6 Å². The monoisotopic (exact) mass is 639 g/mol. The molecular weight excluding hydrogens is 605 g/mol. The molecule has 1 fully saturated rings. The van der Waals surface area contributed by atoms with E-state index in [0.717, 1.165) is 49.8 Å². The van der Waals surface area contributed by atoms with Crippen LogP contribution in [0.4, 0.5) is 4.79 Å². The third kappa shape index (κ3) is 10.5. The Hall–Kier alpha value is -3.24. The highest BCUT2D eigenvalue weighted by molar-refractivity contribution is 6.33. The fourth-order valence-corrected chi connectivity index (χ4v) is 5.02. The van der Waals surface area contributed by atoms with Crippen LogP contribution in [0.2, 0.25) is 10.0 Å². The van der Waals surface area contributed by atoms with Crippen LogP contribution in [0.1, 0.15) is 49.0 Å². The molecule has 2 aromatic carbocycles. The van der Waals surface area contributed by atoms with Gasteiger partial charge in [0.05, 0.1) is 22.3 Å². The first kappa shape index (κ1) is 35.0. The van der Waals surface area contributed by atoms with Crippen LogP contribution in [0.15, 0.2) is 48.5 Å². The normalized spacial score (nSPS) is 13.0. The molecule has 0 saturated heterocycles. The minimum Gasteiger partial charge on any atom is -0.508 e. The van der Waals surface area contributed by atoms with Crippen molar-refractivity contribution < 1.29 is 29.6 Å². The number of amides is 1. The molecule has 1 aromatic heterocycles. The zero-order valence-corrected chi connectivity index (χ0v) is 25.8. The van der Waals surface area contributed by atoms with Gasteiger partial charge < -0.3 is 30.3 Å². The van der Waals surface area contributed by atoms with Crippen LogP contribution in [0.25, 0.3) is 22.4 Å². The molecule has 0 aliphatic heterocycles. The molecular formula is C30H36Cl3N3O6. The van der Waals surface area contributed by atoms with E-state index in [2.05, 4.69) is 10.2 Å². The number of carbonyl (C=O) groups excluding carboxylic acids is 1. The molecule has 42 heavy (non-hydrogen) atoms. The Labute approximate surface area is 261 Å². The fourth-order valence-electron chi connectivity index (χ4n) is 4.58. The van der Waals surface area contributed by atoms with Crippen molar-refractivity contribution in [2.24, 2.45) is 0 Å². The number of halogens is 3. The van der Waals surface area contributed by atoms with Crippen molar-refractivity contribution in [3.8, 4) is 33.9 Å². The van der Waals surface area contributed by atoms with Gasteiger partial charge >= 0.3 is 6.16 Å². The lowest BCUT2D eigenvalue weighted by atomic mass is 9.95. The van der Waals surface area contributed by atoms with Gasteiger partial charge in [0, 0.05) is 29.3 Å². The lowest BCUT2D eigenvalue weighted by molar-refractivity contribution is 0.0922. The molecule has 9 nitrogen and oxygen atoms in total. The van der Waals surface area contributed by atoms with Crippen molar-refractivity contribution in [3.63, 3.8) is 0 Å². The van der Waals surface area contributed by atoms with Gasteiger partial charge in [0.2, 0.25) is 0 Å². The van der Waals surface area contributed by atoms with Gasteiger partial charge in [-0.15, -0.1) is 12.4 Å². The molecule has 12 heteroatoms. The molecule has 1 amide bonds. The van der Waals surface area contributed by atoms with Crippen molar-refractivity contribution in [1.29, 1.82) is 0 Å². The SMILES string of the molecule is CN(C)CCCOc1cc(-c2nc(C(=O)NC3CCCCC3)ccc2-c2ccc(O)cc2Cl)ccc1Cl.Cl.O=C(O)O. The van der Waals surface area contributed by atoms with Crippen LogP contribution >= 0.6 is 35.6 Å². The summed E-state index contributed by atoms with van der Waals surface area (Å²) in [5, 5.41) is 27.8. The van der Waals surface area contributed by atoms with Gasteiger partial charge in [-0.05, 0) is 75.8 Å². The number of aromatic nitrogens is 1. The van der Waals surface area contributed by atoms with Crippen molar-refractivity contribution in [3.05, 3.63) is 64.3 Å². The molecule has 4 rings (SSSR count). The van der Waals surface area contributed by atoms with Crippen molar-refractivity contribution >= 4 is 47.7 Å². The number of hydrogen-bond donors (Lipinski definition) is 4. The molecule has 0 atom stereocenters. The summed E-state index contributed by atoms with van der Waals surface area (Å²) in [6.07, 6.45) is 4.48. The summed E-state index contributed by atoms with van der Waals surface area (Å²) in [5.41, 5.74) is 3.10. The highest BCUT2D eigenvalue weighted by atomic mass is 35.5. The molecule has 0 bridgehead atoms. The second-order valence-corrected chi connectivity index (χ2v) is 10.8. The molecule has 1 aliphatic rings. The van der Waals surface area contributed by atoms with Crippen LogP contribution in [-0.4, -0.2) is 70.6 Å². The number of nitrogens with one attached hydrogen (secondary N) is 1. The molecule has 0 spiro atoms. The summed E-state index contributed by atoms with van der Waals surface area (Å²) in [4.78, 5) is 28.6. The molecule has 228 valence electrons. The molecule has 1 saturated carbocycles. The number of pyridine rings is 1. The summed E-state index contributed by atoms with van der Waals surface area (Å²) in [5.74, 6) is 0.441. The predicted molar refractivity (Wildman–Crippen MR) is 168 cm³/mol. The number of aromatic hydroxyl groups is 1. The Morgan fingerprint density at radius 2 is 1.64 bits per heavy atom. The average molecular weight is 641 g/mol. The number of phenolic OH excluding ortho intramolecular Hbond substituents is 1. The average Bonchev–Trinajstić information content (AvgIpc) is 2.92. The minimum atomic E-state index is -1.83. The van der Waals surface area contributed by atoms with Crippen LogP contribution < -0.4 is 10.1 Å². The maximum Gasteiger partial charge on any atom is 0.503 e. The third-order valence-electron chi connectivity index (χ3n) is 6.52. The summed E-state index contributed by atoms with van der Waals surface area (Å²) in [6, 6.07) is 14.0. The molecule has 0 radical (unpaired) electrons.